The van der Waals surface area contributed by atoms with E-state index in [0.717, 1.165) is 6.42 Å². The van der Waals surface area contributed by atoms with Crippen LogP contribution in [0.25, 0.3) is 0 Å². The maximum absolute atomic E-state index is 2.27. The van der Waals surface area contributed by atoms with Crippen LogP contribution in [0.3, 0.4) is 0 Å². The van der Waals surface area contributed by atoms with E-state index < -0.39 is 0 Å². The summed E-state index contributed by atoms with van der Waals surface area (Å²) in [6, 6.07) is 21.8. The average Bonchev–Trinajstić information content (AvgIpc) is 2.45. The van der Waals surface area contributed by atoms with Gasteiger partial charge >= 0.3 is 0 Å². The molecule has 0 heteroatoms. The van der Waals surface area contributed by atoms with Crippen LogP contribution >= 0.6 is 0 Å². The van der Waals surface area contributed by atoms with Crippen LogP contribution in [0.4, 0.5) is 0 Å². The summed E-state index contributed by atoms with van der Waals surface area (Å²) in [7, 11) is 0. The minimum absolute atomic E-state index is 0.661. The largest absolute Gasteiger partial charge is 0.0654 e. The molecule has 0 fully saturated rings. The highest BCUT2D eigenvalue weighted by atomic mass is 14.2. The van der Waals surface area contributed by atoms with Crippen LogP contribution in [-0.2, 0) is 6.42 Å². The number of unbranched alkanes of at least 4 members (excludes halogenated alkanes) is 1. The lowest BCUT2D eigenvalue weighted by atomic mass is 9.88. The zero-order valence-electron chi connectivity index (χ0n) is 11.2. The normalized spacial score (nSPS) is 12.3. The molecule has 1 unspecified atom stereocenters. The van der Waals surface area contributed by atoms with E-state index in [1.165, 1.54) is 30.4 Å². The van der Waals surface area contributed by atoms with Crippen molar-refractivity contribution in [2.45, 2.75) is 38.5 Å². The fraction of sp³-hybridized carbons (Fsp3) is 0.333. The Balaban J connectivity index is 2.10. The number of benzene rings is 2. The van der Waals surface area contributed by atoms with Crippen molar-refractivity contribution < 1.29 is 0 Å². The van der Waals surface area contributed by atoms with Gasteiger partial charge in [0.25, 0.3) is 0 Å². The Labute approximate surface area is 111 Å². The van der Waals surface area contributed by atoms with Crippen LogP contribution in [0.1, 0.15) is 43.2 Å². The van der Waals surface area contributed by atoms with Gasteiger partial charge in [0.2, 0.25) is 0 Å². The molecule has 0 spiro atoms. The van der Waals surface area contributed by atoms with Crippen molar-refractivity contribution in [2.75, 3.05) is 0 Å². The Morgan fingerprint density at radius 1 is 0.833 bits per heavy atom. The van der Waals surface area contributed by atoms with Gasteiger partial charge in [-0.15, -0.1) is 0 Å². The highest BCUT2D eigenvalue weighted by Crippen LogP contribution is 2.26. The first kappa shape index (κ1) is 12.9. The first-order valence-corrected chi connectivity index (χ1v) is 6.99. The van der Waals surface area contributed by atoms with Crippen LogP contribution < -0.4 is 0 Å². The summed E-state index contributed by atoms with van der Waals surface area (Å²) in [6.07, 6.45) is 5.03. The van der Waals surface area contributed by atoms with Crippen LogP contribution in [0.2, 0.25) is 0 Å². The molecule has 0 aliphatic carbocycles. The lowest BCUT2D eigenvalue weighted by Gasteiger charge is -2.17. The van der Waals surface area contributed by atoms with Gasteiger partial charge < -0.3 is 0 Å². The molecule has 0 saturated heterocycles. The Hall–Kier alpha value is -1.56. The predicted molar refractivity (Wildman–Crippen MR) is 78.9 cm³/mol. The predicted octanol–water partition coefficient (Wildman–Crippen LogP) is 5.20. The summed E-state index contributed by atoms with van der Waals surface area (Å²) in [6.45, 7) is 2.27. The molecule has 1 atom stereocenters. The third-order valence-corrected chi connectivity index (χ3v) is 3.50. The molecule has 0 saturated carbocycles. The second-order valence-corrected chi connectivity index (χ2v) is 4.94. The summed E-state index contributed by atoms with van der Waals surface area (Å²) < 4.78 is 0. The molecule has 2 aromatic rings. The van der Waals surface area contributed by atoms with E-state index >= 15 is 0 Å². The molecule has 0 bridgehead atoms. The van der Waals surface area contributed by atoms with Crippen molar-refractivity contribution in [3.63, 3.8) is 0 Å². The van der Waals surface area contributed by atoms with E-state index in [9.17, 15) is 0 Å². The molecule has 0 heterocycles. The van der Waals surface area contributed by atoms with Gasteiger partial charge in [0.05, 0.1) is 0 Å². The standard InChI is InChI=1S/C18H22/c1-2-3-12-18(17-13-8-5-9-14-17)15-16-10-6-4-7-11-16/h4-11,13-14,18H,2-3,12,15H2,1H3. The molecule has 0 nitrogen and oxygen atoms in total. The lowest BCUT2D eigenvalue weighted by molar-refractivity contribution is 0.581. The monoisotopic (exact) mass is 238 g/mol. The number of hydrogen-bond donors (Lipinski definition) is 0. The summed E-state index contributed by atoms with van der Waals surface area (Å²) in [4.78, 5) is 0. The lowest BCUT2D eigenvalue weighted by Crippen LogP contribution is -2.03. The number of rotatable bonds is 6. The van der Waals surface area contributed by atoms with E-state index in [1.807, 2.05) is 0 Å². The molecule has 0 aromatic heterocycles. The van der Waals surface area contributed by atoms with Crippen molar-refractivity contribution in [1.29, 1.82) is 0 Å². The zero-order chi connectivity index (χ0) is 12.6. The summed E-state index contributed by atoms with van der Waals surface area (Å²) in [5.74, 6) is 0.661. The Bertz CT molecular complexity index is 430. The zero-order valence-corrected chi connectivity index (χ0v) is 11.2. The fourth-order valence-electron chi connectivity index (χ4n) is 2.46. The molecular weight excluding hydrogens is 216 g/mol. The van der Waals surface area contributed by atoms with Gasteiger partial charge in [-0.1, -0.05) is 80.4 Å². The highest BCUT2D eigenvalue weighted by Gasteiger charge is 2.11. The van der Waals surface area contributed by atoms with Gasteiger partial charge in [-0.2, -0.15) is 0 Å². The van der Waals surface area contributed by atoms with Gasteiger partial charge in [0.15, 0.2) is 0 Å². The maximum Gasteiger partial charge on any atom is -0.0121 e. The fourth-order valence-corrected chi connectivity index (χ4v) is 2.46. The van der Waals surface area contributed by atoms with Crippen molar-refractivity contribution >= 4 is 0 Å². The Morgan fingerprint density at radius 2 is 1.44 bits per heavy atom. The van der Waals surface area contributed by atoms with Crippen molar-refractivity contribution in [2.24, 2.45) is 0 Å². The molecule has 0 radical (unpaired) electrons. The van der Waals surface area contributed by atoms with Gasteiger partial charge in [0, 0.05) is 0 Å². The second-order valence-electron chi connectivity index (χ2n) is 4.94. The Morgan fingerprint density at radius 3 is 2.06 bits per heavy atom. The first-order chi connectivity index (χ1) is 8.90. The van der Waals surface area contributed by atoms with Gasteiger partial charge in [0.1, 0.15) is 0 Å². The van der Waals surface area contributed by atoms with E-state index in [2.05, 4.69) is 67.6 Å². The van der Waals surface area contributed by atoms with Crippen molar-refractivity contribution in [3.05, 3.63) is 71.8 Å². The van der Waals surface area contributed by atoms with Gasteiger partial charge in [-0.05, 0) is 29.9 Å². The van der Waals surface area contributed by atoms with E-state index in [4.69, 9.17) is 0 Å². The van der Waals surface area contributed by atoms with Gasteiger partial charge in [-0.25, -0.2) is 0 Å². The summed E-state index contributed by atoms with van der Waals surface area (Å²) in [5.41, 5.74) is 2.93. The van der Waals surface area contributed by atoms with Crippen molar-refractivity contribution in [1.82, 2.24) is 0 Å². The minimum atomic E-state index is 0.661. The quantitative estimate of drug-likeness (QED) is 0.648. The smallest absolute Gasteiger partial charge is 0.0121 e. The Kier molecular flexibility index (Phi) is 5.01. The summed E-state index contributed by atoms with van der Waals surface area (Å²) >= 11 is 0. The van der Waals surface area contributed by atoms with E-state index in [1.54, 1.807) is 0 Å². The molecule has 2 aromatic carbocycles. The third-order valence-electron chi connectivity index (χ3n) is 3.50. The number of hydrogen-bond acceptors (Lipinski definition) is 0. The highest BCUT2D eigenvalue weighted by molar-refractivity contribution is 5.24. The van der Waals surface area contributed by atoms with E-state index in [0.29, 0.717) is 5.92 Å². The molecule has 94 valence electrons. The van der Waals surface area contributed by atoms with Crippen LogP contribution in [-0.4, -0.2) is 0 Å². The van der Waals surface area contributed by atoms with E-state index in [-0.39, 0.29) is 0 Å². The van der Waals surface area contributed by atoms with Crippen molar-refractivity contribution in [3.8, 4) is 0 Å². The van der Waals surface area contributed by atoms with Crippen LogP contribution in [0.5, 0.6) is 0 Å². The second kappa shape index (κ2) is 7.00. The first-order valence-electron chi connectivity index (χ1n) is 6.99. The SMILES string of the molecule is CCCCC(Cc1ccccc1)c1ccccc1. The summed E-state index contributed by atoms with van der Waals surface area (Å²) in [5, 5.41) is 0. The third kappa shape index (κ3) is 3.73. The molecule has 2 rings (SSSR count). The molecule has 18 heavy (non-hydrogen) atoms. The van der Waals surface area contributed by atoms with Gasteiger partial charge in [-0.3, -0.25) is 0 Å². The molecule has 0 aliphatic rings. The van der Waals surface area contributed by atoms with Crippen LogP contribution in [0, 0.1) is 0 Å². The molecule has 0 N–H and O–H groups in total. The average molecular weight is 238 g/mol. The molecular formula is C18H22. The molecule has 0 amide bonds. The molecule has 0 aliphatic heterocycles. The topological polar surface area (TPSA) is 0 Å². The minimum Gasteiger partial charge on any atom is -0.0654 e. The maximum atomic E-state index is 2.27. The van der Waals surface area contributed by atoms with Crippen LogP contribution in [0.15, 0.2) is 60.7 Å².